The first kappa shape index (κ1) is 19.2. The third-order valence-electron chi connectivity index (χ3n) is 5.35. The number of nitrogens with two attached hydrogens (primary N) is 2. The fourth-order valence-corrected chi connectivity index (χ4v) is 3.10. The highest BCUT2D eigenvalue weighted by Crippen LogP contribution is 2.34. The lowest BCUT2D eigenvalue weighted by molar-refractivity contribution is 0.371. The van der Waals surface area contributed by atoms with E-state index in [1.807, 2.05) is 0 Å². The Morgan fingerprint density at radius 2 is 0.818 bits per heavy atom. The summed E-state index contributed by atoms with van der Waals surface area (Å²) in [6, 6.07) is 0. The molecule has 1 rings (SSSR count). The van der Waals surface area contributed by atoms with Gasteiger partial charge in [0.1, 0.15) is 0 Å². The van der Waals surface area contributed by atoms with Crippen LogP contribution < -0.4 is 11.5 Å². The molecule has 1 aromatic carbocycles. The lowest BCUT2D eigenvalue weighted by Gasteiger charge is -2.30. The van der Waals surface area contributed by atoms with Gasteiger partial charge in [0.05, 0.1) is 0 Å². The summed E-state index contributed by atoms with van der Waals surface area (Å²) < 4.78 is 0. The largest absolute Gasteiger partial charge is 0.330 e. The molecule has 0 aliphatic heterocycles. The molecule has 0 heterocycles. The topological polar surface area (TPSA) is 52.0 Å². The van der Waals surface area contributed by atoms with Crippen LogP contribution in [0.1, 0.15) is 61.1 Å². The SMILES string of the molecule is Cc1c(C)c(CC(C)(C)CN)c(C)c(C)c1CC(C)(C)CN. The van der Waals surface area contributed by atoms with Crippen molar-refractivity contribution >= 4 is 0 Å². The Balaban J connectivity index is 3.39. The third kappa shape index (κ3) is 4.11. The van der Waals surface area contributed by atoms with Crippen molar-refractivity contribution in [1.29, 1.82) is 0 Å². The molecule has 0 amide bonds. The zero-order valence-corrected chi connectivity index (χ0v) is 16.0. The molecule has 2 heteroatoms. The molecule has 0 saturated heterocycles. The van der Waals surface area contributed by atoms with Gasteiger partial charge in [-0.3, -0.25) is 0 Å². The molecule has 0 fully saturated rings. The lowest BCUT2D eigenvalue weighted by atomic mass is 9.76. The van der Waals surface area contributed by atoms with Gasteiger partial charge in [-0.25, -0.2) is 0 Å². The van der Waals surface area contributed by atoms with Gasteiger partial charge < -0.3 is 11.5 Å². The average molecular weight is 305 g/mol. The Bertz CT molecular complexity index is 461. The molecule has 22 heavy (non-hydrogen) atoms. The molecule has 0 aliphatic rings. The lowest BCUT2D eigenvalue weighted by Crippen LogP contribution is -2.28. The Morgan fingerprint density at radius 1 is 0.591 bits per heavy atom. The van der Waals surface area contributed by atoms with Crippen molar-refractivity contribution in [2.45, 2.75) is 68.2 Å². The summed E-state index contributed by atoms with van der Waals surface area (Å²) in [5.41, 5.74) is 20.9. The smallest absolute Gasteiger partial charge is 0.00226 e. The summed E-state index contributed by atoms with van der Waals surface area (Å²) in [6.07, 6.45) is 2.09. The normalized spacial score (nSPS) is 12.8. The average Bonchev–Trinajstić information content (AvgIpc) is 2.46. The van der Waals surface area contributed by atoms with Crippen molar-refractivity contribution in [3.05, 3.63) is 33.4 Å². The molecular weight excluding hydrogens is 268 g/mol. The zero-order valence-electron chi connectivity index (χ0n) is 16.0. The Kier molecular flexibility index (Phi) is 5.86. The molecule has 0 aliphatic carbocycles. The van der Waals surface area contributed by atoms with Crippen LogP contribution in [-0.2, 0) is 12.8 Å². The monoisotopic (exact) mass is 304 g/mol. The Labute approximate surface area is 137 Å². The van der Waals surface area contributed by atoms with Crippen LogP contribution in [0.5, 0.6) is 0 Å². The minimum absolute atomic E-state index is 0.145. The van der Waals surface area contributed by atoms with Crippen LogP contribution in [0.15, 0.2) is 0 Å². The first-order valence-corrected chi connectivity index (χ1v) is 8.44. The first-order valence-electron chi connectivity index (χ1n) is 8.44. The Hall–Kier alpha value is -0.860. The van der Waals surface area contributed by atoms with Crippen molar-refractivity contribution in [3.8, 4) is 0 Å². The second kappa shape index (κ2) is 6.72. The van der Waals surface area contributed by atoms with E-state index in [1.54, 1.807) is 0 Å². The summed E-state index contributed by atoms with van der Waals surface area (Å²) in [4.78, 5) is 0. The second-order valence-corrected chi connectivity index (χ2v) is 8.55. The molecule has 0 unspecified atom stereocenters. The van der Waals surface area contributed by atoms with Crippen molar-refractivity contribution in [2.75, 3.05) is 13.1 Å². The maximum Gasteiger partial charge on any atom is -0.00226 e. The standard InChI is InChI=1S/C20H36N2/c1-13-14(2)18(10-20(7,8)12-22)16(4)15(3)17(13)9-19(5,6)11-21/h9-12,21-22H2,1-8H3. The van der Waals surface area contributed by atoms with E-state index in [1.165, 1.54) is 33.4 Å². The fourth-order valence-electron chi connectivity index (χ4n) is 3.10. The highest BCUT2D eigenvalue weighted by atomic mass is 14.6. The van der Waals surface area contributed by atoms with Crippen LogP contribution in [0, 0.1) is 38.5 Å². The molecule has 2 nitrogen and oxygen atoms in total. The minimum Gasteiger partial charge on any atom is -0.330 e. The van der Waals surface area contributed by atoms with Crippen molar-refractivity contribution in [3.63, 3.8) is 0 Å². The number of hydrogen-bond donors (Lipinski definition) is 2. The van der Waals surface area contributed by atoms with Gasteiger partial charge in [-0.2, -0.15) is 0 Å². The summed E-state index contributed by atoms with van der Waals surface area (Å²) in [5.74, 6) is 0. The van der Waals surface area contributed by atoms with Gasteiger partial charge in [-0.05, 0) is 97.8 Å². The maximum atomic E-state index is 5.95. The van der Waals surface area contributed by atoms with Gasteiger partial charge >= 0.3 is 0 Å². The highest BCUT2D eigenvalue weighted by molar-refractivity contribution is 5.50. The van der Waals surface area contributed by atoms with Crippen LogP contribution in [0.25, 0.3) is 0 Å². The molecule has 1 aromatic rings. The summed E-state index contributed by atoms with van der Waals surface area (Å²) >= 11 is 0. The van der Waals surface area contributed by atoms with E-state index in [0.717, 1.165) is 12.8 Å². The Morgan fingerprint density at radius 3 is 1.00 bits per heavy atom. The quantitative estimate of drug-likeness (QED) is 0.835. The van der Waals surface area contributed by atoms with Crippen LogP contribution in [0.4, 0.5) is 0 Å². The van der Waals surface area contributed by atoms with Crippen LogP contribution in [0.2, 0.25) is 0 Å². The van der Waals surface area contributed by atoms with Crippen molar-refractivity contribution in [1.82, 2.24) is 0 Å². The van der Waals surface area contributed by atoms with Crippen molar-refractivity contribution < 1.29 is 0 Å². The van der Waals surface area contributed by atoms with E-state index in [0.29, 0.717) is 13.1 Å². The van der Waals surface area contributed by atoms with E-state index in [2.05, 4.69) is 55.4 Å². The van der Waals surface area contributed by atoms with Gasteiger partial charge in [0, 0.05) is 0 Å². The summed E-state index contributed by atoms with van der Waals surface area (Å²) in [5, 5.41) is 0. The van der Waals surface area contributed by atoms with Crippen LogP contribution in [-0.4, -0.2) is 13.1 Å². The molecule has 0 radical (unpaired) electrons. The van der Waals surface area contributed by atoms with E-state index in [9.17, 15) is 0 Å². The number of rotatable bonds is 6. The number of hydrogen-bond acceptors (Lipinski definition) is 2. The highest BCUT2D eigenvalue weighted by Gasteiger charge is 2.24. The van der Waals surface area contributed by atoms with Crippen molar-refractivity contribution in [2.24, 2.45) is 22.3 Å². The molecule has 4 N–H and O–H groups in total. The first-order chi connectivity index (χ1) is 9.95. The van der Waals surface area contributed by atoms with E-state index in [4.69, 9.17) is 11.5 Å². The minimum atomic E-state index is 0.145. The van der Waals surface area contributed by atoms with Gasteiger partial charge in [0.15, 0.2) is 0 Å². The summed E-state index contributed by atoms with van der Waals surface area (Å²) in [6.45, 7) is 19.5. The maximum absolute atomic E-state index is 5.95. The van der Waals surface area contributed by atoms with Crippen LogP contribution in [0.3, 0.4) is 0 Å². The van der Waals surface area contributed by atoms with Crippen LogP contribution >= 0.6 is 0 Å². The second-order valence-electron chi connectivity index (χ2n) is 8.55. The third-order valence-corrected chi connectivity index (χ3v) is 5.35. The van der Waals surface area contributed by atoms with Gasteiger partial charge in [0.2, 0.25) is 0 Å². The molecule has 0 atom stereocenters. The summed E-state index contributed by atoms with van der Waals surface area (Å²) in [7, 11) is 0. The molecule has 0 spiro atoms. The molecule has 0 saturated carbocycles. The molecule has 0 aromatic heterocycles. The van der Waals surface area contributed by atoms with Gasteiger partial charge in [-0.1, -0.05) is 27.7 Å². The van der Waals surface area contributed by atoms with E-state index >= 15 is 0 Å². The predicted octanol–water partition coefficient (Wildman–Crippen LogP) is 3.98. The molecule has 126 valence electrons. The fraction of sp³-hybridized carbons (Fsp3) is 0.700. The van der Waals surface area contributed by atoms with E-state index < -0.39 is 0 Å². The van der Waals surface area contributed by atoms with E-state index in [-0.39, 0.29) is 10.8 Å². The molecule has 0 bridgehead atoms. The zero-order chi connectivity index (χ0) is 17.3. The van der Waals surface area contributed by atoms with Gasteiger partial charge in [-0.15, -0.1) is 0 Å². The predicted molar refractivity (Wildman–Crippen MR) is 98.5 cm³/mol. The number of benzene rings is 1. The van der Waals surface area contributed by atoms with Gasteiger partial charge in [0.25, 0.3) is 0 Å². The molecular formula is C20H36N2.